The van der Waals surface area contributed by atoms with E-state index in [1.54, 1.807) is 6.08 Å². The summed E-state index contributed by atoms with van der Waals surface area (Å²) in [6.45, 7) is 1.97. The van der Waals surface area contributed by atoms with Crippen LogP contribution in [0.15, 0.2) is 66.4 Å². The van der Waals surface area contributed by atoms with E-state index in [0.717, 1.165) is 33.6 Å². The van der Waals surface area contributed by atoms with Crippen LogP contribution in [0.1, 0.15) is 17.6 Å². The summed E-state index contributed by atoms with van der Waals surface area (Å²) >= 11 is 1.30. The lowest BCUT2D eigenvalue weighted by Crippen LogP contribution is -2.13. The molecule has 0 saturated heterocycles. The van der Waals surface area contributed by atoms with Gasteiger partial charge in [0.2, 0.25) is 5.13 Å². The van der Waals surface area contributed by atoms with Crippen molar-refractivity contribution in [2.45, 2.75) is 13.3 Å². The lowest BCUT2D eigenvalue weighted by atomic mass is 10.1. The molecule has 0 bridgehead atoms. The molecule has 2 aromatic heterocycles. The minimum Gasteiger partial charge on any atom is -0.317 e. The van der Waals surface area contributed by atoms with E-state index in [-0.39, 0.29) is 5.57 Å². The Bertz CT molecular complexity index is 1260. The number of fused-ring (bicyclic) bond motifs is 1. The van der Waals surface area contributed by atoms with Crippen LogP contribution in [0.3, 0.4) is 0 Å². The first kappa shape index (κ1) is 18.6. The Morgan fingerprint density at radius 2 is 2.00 bits per heavy atom. The number of nitrogens with one attached hydrogen (secondary N) is 1. The lowest BCUT2D eigenvalue weighted by Gasteiger charge is -2.09. The molecule has 1 N–H and O–H groups in total. The summed E-state index contributed by atoms with van der Waals surface area (Å²) in [5, 5.41) is 23.5. The molecule has 2 aromatic carbocycles. The molecule has 142 valence electrons. The van der Waals surface area contributed by atoms with E-state index in [1.807, 2.05) is 54.1 Å². The number of rotatable bonds is 5. The predicted octanol–water partition coefficient (Wildman–Crippen LogP) is 4.59. The number of benzene rings is 2. The molecule has 0 aliphatic rings. The number of hydrogen-bond acceptors (Lipinski definition) is 5. The molecule has 4 rings (SSSR count). The first-order chi connectivity index (χ1) is 14.2. The summed E-state index contributed by atoms with van der Waals surface area (Å²) in [5.74, 6) is -0.502. The summed E-state index contributed by atoms with van der Waals surface area (Å²) in [7, 11) is 0. The van der Waals surface area contributed by atoms with Crippen molar-refractivity contribution in [2.24, 2.45) is 0 Å². The molecule has 2 heterocycles. The van der Waals surface area contributed by atoms with E-state index in [1.165, 1.54) is 11.3 Å². The highest BCUT2D eigenvalue weighted by Crippen LogP contribution is 2.22. The maximum atomic E-state index is 12.5. The van der Waals surface area contributed by atoms with E-state index in [4.69, 9.17) is 0 Å². The van der Waals surface area contributed by atoms with E-state index < -0.39 is 5.91 Å². The Balaban J connectivity index is 1.64. The van der Waals surface area contributed by atoms with Gasteiger partial charge in [0.1, 0.15) is 16.6 Å². The van der Waals surface area contributed by atoms with Gasteiger partial charge in [-0.15, -0.1) is 10.2 Å². The Morgan fingerprint density at radius 1 is 1.17 bits per heavy atom. The maximum Gasteiger partial charge on any atom is 0.268 e. The zero-order chi connectivity index (χ0) is 20.2. The number of aryl methyl sites for hydroxylation is 1. The van der Waals surface area contributed by atoms with Crippen molar-refractivity contribution in [3.63, 3.8) is 0 Å². The molecular weight excluding hydrogens is 382 g/mol. The third-order valence-electron chi connectivity index (χ3n) is 4.44. The van der Waals surface area contributed by atoms with Crippen molar-refractivity contribution < 1.29 is 4.79 Å². The summed E-state index contributed by atoms with van der Waals surface area (Å²) in [5.41, 5.74) is 1.69. The highest BCUT2D eigenvalue weighted by molar-refractivity contribution is 7.15. The Morgan fingerprint density at radius 3 is 2.76 bits per heavy atom. The van der Waals surface area contributed by atoms with Crippen molar-refractivity contribution in [1.82, 2.24) is 14.8 Å². The number of anilines is 1. The monoisotopic (exact) mass is 399 g/mol. The fourth-order valence-corrected chi connectivity index (χ4v) is 3.66. The minimum atomic E-state index is -0.502. The topological polar surface area (TPSA) is 83.6 Å². The molecule has 0 spiro atoms. The number of nitrogens with zero attached hydrogens (tertiary/aromatic N) is 4. The molecule has 0 aliphatic heterocycles. The first-order valence-corrected chi connectivity index (χ1v) is 9.91. The van der Waals surface area contributed by atoms with Gasteiger partial charge in [0.15, 0.2) is 0 Å². The smallest absolute Gasteiger partial charge is 0.268 e. The molecule has 1 amide bonds. The fourth-order valence-electron chi connectivity index (χ4n) is 2.98. The van der Waals surface area contributed by atoms with Gasteiger partial charge in [-0.1, -0.05) is 48.6 Å². The van der Waals surface area contributed by atoms with Gasteiger partial charge in [-0.2, -0.15) is 5.26 Å². The molecule has 29 heavy (non-hydrogen) atoms. The highest BCUT2D eigenvalue weighted by Gasteiger charge is 2.14. The van der Waals surface area contributed by atoms with Crippen LogP contribution in [0.25, 0.3) is 22.5 Å². The number of aromatic nitrogens is 3. The van der Waals surface area contributed by atoms with Gasteiger partial charge in [0, 0.05) is 17.6 Å². The van der Waals surface area contributed by atoms with E-state index in [9.17, 15) is 10.1 Å². The number of nitriles is 1. The van der Waals surface area contributed by atoms with Gasteiger partial charge in [-0.3, -0.25) is 10.1 Å². The summed E-state index contributed by atoms with van der Waals surface area (Å²) in [6.07, 6.45) is 4.22. The minimum absolute atomic E-state index is 0.000937. The zero-order valence-electron chi connectivity index (χ0n) is 15.7. The second kappa shape index (κ2) is 8.09. The first-order valence-electron chi connectivity index (χ1n) is 9.10. The normalized spacial score (nSPS) is 11.4. The van der Waals surface area contributed by atoms with Crippen LogP contribution in [0.2, 0.25) is 0 Å². The predicted molar refractivity (Wildman–Crippen MR) is 115 cm³/mol. The molecule has 0 aliphatic carbocycles. The number of carbonyl (C=O) groups excluding carboxylic acids is 1. The fraction of sp³-hybridized carbons (Fsp3) is 0.0909. The van der Waals surface area contributed by atoms with Crippen LogP contribution in [0.4, 0.5) is 5.13 Å². The third kappa shape index (κ3) is 3.93. The van der Waals surface area contributed by atoms with Crippen LogP contribution in [0, 0.1) is 11.3 Å². The molecule has 6 nitrogen and oxygen atoms in total. The molecule has 4 aromatic rings. The molecule has 0 saturated carbocycles. The maximum absolute atomic E-state index is 12.5. The summed E-state index contributed by atoms with van der Waals surface area (Å²) < 4.78 is 1.94. The van der Waals surface area contributed by atoms with Crippen molar-refractivity contribution in [2.75, 3.05) is 5.32 Å². The Labute approximate surface area is 171 Å². The summed E-state index contributed by atoms with van der Waals surface area (Å²) in [4.78, 5) is 12.5. The van der Waals surface area contributed by atoms with E-state index in [2.05, 4.69) is 39.8 Å². The molecule has 0 radical (unpaired) electrons. The molecule has 0 unspecified atom stereocenters. The van der Waals surface area contributed by atoms with E-state index >= 15 is 0 Å². The lowest BCUT2D eigenvalue weighted by molar-refractivity contribution is -0.112. The quantitative estimate of drug-likeness (QED) is 0.393. The van der Waals surface area contributed by atoms with Gasteiger partial charge in [0.05, 0.1) is 0 Å². The number of carbonyl (C=O) groups is 1. The third-order valence-corrected chi connectivity index (χ3v) is 5.42. The largest absolute Gasteiger partial charge is 0.317 e. The second-order valence-corrected chi connectivity index (χ2v) is 7.38. The van der Waals surface area contributed by atoms with Gasteiger partial charge in [0.25, 0.3) is 5.91 Å². The van der Waals surface area contributed by atoms with Gasteiger partial charge < -0.3 is 4.57 Å². The molecule has 0 atom stereocenters. The SMILES string of the molecule is CCc1nnc(NC(=O)/C(C#N)=C\c2cccn2-c2ccc3ccccc3c2)s1. The molecular formula is C22H17N5OS. The molecule has 0 fully saturated rings. The Kier molecular flexibility index (Phi) is 5.18. The zero-order valence-corrected chi connectivity index (χ0v) is 16.5. The number of hydrogen-bond donors (Lipinski definition) is 1. The van der Waals surface area contributed by atoms with Crippen LogP contribution in [0.5, 0.6) is 0 Å². The van der Waals surface area contributed by atoms with Crippen LogP contribution >= 0.6 is 11.3 Å². The van der Waals surface area contributed by atoms with Crippen LogP contribution in [-0.4, -0.2) is 20.7 Å². The van der Waals surface area contributed by atoms with Gasteiger partial charge in [-0.05, 0) is 47.5 Å². The van der Waals surface area contributed by atoms with Gasteiger partial charge in [-0.25, -0.2) is 0 Å². The van der Waals surface area contributed by atoms with Crippen molar-refractivity contribution in [1.29, 1.82) is 5.26 Å². The average molecular weight is 399 g/mol. The van der Waals surface area contributed by atoms with Gasteiger partial charge >= 0.3 is 0 Å². The van der Waals surface area contributed by atoms with Crippen molar-refractivity contribution in [3.05, 3.63) is 77.1 Å². The van der Waals surface area contributed by atoms with E-state index in [0.29, 0.717) is 5.13 Å². The second-order valence-electron chi connectivity index (χ2n) is 6.31. The van der Waals surface area contributed by atoms with Crippen molar-refractivity contribution in [3.8, 4) is 11.8 Å². The number of amides is 1. The average Bonchev–Trinajstić information content (AvgIpc) is 3.40. The van der Waals surface area contributed by atoms with Crippen molar-refractivity contribution >= 4 is 39.2 Å². The Hall–Kier alpha value is -3.76. The standard InChI is InChI=1S/C22H17N5OS/c1-2-20-25-26-22(29-20)24-21(28)17(14-23)13-18-8-5-11-27(18)19-10-9-15-6-3-4-7-16(15)12-19/h3-13H,2H2,1H3,(H,24,26,28)/b17-13-. The van der Waals surface area contributed by atoms with Crippen LogP contribution in [-0.2, 0) is 11.2 Å². The highest BCUT2D eigenvalue weighted by atomic mass is 32.1. The molecule has 7 heteroatoms. The summed E-state index contributed by atoms with van der Waals surface area (Å²) in [6, 6.07) is 20.0. The van der Waals surface area contributed by atoms with Crippen LogP contribution < -0.4 is 5.32 Å².